The molecule has 2 aliphatic rings. The molecule has 7 heteroatoms. The van der Waals surface area contributed by atoms with E-state index in [1.54, 1.807) is 4.90 Å². The average Bonchev–Trinajstić information content (AvgIpc) is 2.89. The molecule has 2 aromatic rings. The Bertz CT molecular complexity index is 908. The van der Waals surface area contributed by atoms with E-state index in [1.165, 1.54) is 5.01 Å². The number of fused-ring (bicyclic) bond motifs is 3. The number of anilines is 3. The van der Waals surface area contributed by atoms with E-state index in [-0.39, 0.29) is 24.2 Å². The van der Waals surface area contributed by atoms with Gasteiger partial charge in [-0.25, -0.2) is 10.9 Å². The van der Waals surface area contributed by atoms with Crippen LogP contribution in [0.4, 0.5) is 17.1 Å². The van der Waals surface area contributed by atoms with Crippen molar-refractivity contribution in [3.63, 3.8) is 0 Å². The van der Waals surface area contributed by atoms with E-state index in [1.807, 2.05) is 55.5 Å². The van der Waals surface area contributed by atoms with Crippen molar-refractivity contribution < 1.29 is 9.59 Å². The number of guanidine groups is 1. The molecule has 126 valence electrons. The molecule has 0 radical (unpaired) electrons. The summed E-state index contributed by atoms with van der Waals surface area (Å²) in [5, 5.41) is 4.26. The molecule has 25 heavy (non-hydrogen) atoms. The molecule has 3 N–H and O–H groups in total. The zero-order chi connectivity index (χ0) is 17.6. The first-order valence-corrected chi connectivity index (χ1v) is 7.97. The second-order valence-electron chi connectivity index (χ2n) is 6.06. The van der Waals surface area contributed by atoms with Crippen LogP contribution in [-0.4, -0.2) is 23.8 Å². The molecule has 0 unspecified atom stereocenters. The second kappa shape index (κ2) is 5.71. The first-order chi connectivity index (χ1) is 12.1. The first-order valence-electron chi connectivity index (χ1n) is 7.97. The Morgan fingerprint density at radius 3 is 2.60 bits per heavy atom. The third kappa shape index (κ3) is 2.45. The van der Waals surface area contributed by atoms with Crippen LogP contribution in [0.1, 0.15) is 12.0 Å². The van der Waals surface area contributed by atoms with Gasteiger partial charge >= 0.3 is 0 Å². The van der Waals surface area contributed by atoms with Gasteiger partial charge in [0.05, 0.1) is 17.8 Å². The number of amides is 2. The molecular formula is C18H17N5O2. The zero-order valence-electron chi connectivity index (χ0n) is 13.6. The summed E-state index contributed by atoms with van der Waals surface area (Å²) in [4.78, 5) is 30.7. The van der Waals surface area contributed by atoms with Gasteiger partial charge in [0.2, 0.25) is 11.9 Å². The van der Waals surface area contributed by atoms with Crippen LogP contribution >= 0.6 is 0 Å². The van der Waals surface area contributed by atoms with Crippen molar-refractivity contribution in [1.29, 1.82) is 0 Å². The highest BCUT2D eigenvalue weighted by molar-refractivity contribution is 6.23. The number of nitrogens with one attached hydrogen (secondary N) is 1. The minimum Gasteiger partial charge on any atom is -0.324 e. The highest BCUT2D eigenvalue weighted by Crippen LogP contribution is 2.38. The molecule has 2 amide bonds. The van der Waals surface area contributed by atoms with Crippen LogP contribution in [0.3, 0.4) is 0 Å². The molecule has 2 aromatic carbocycles. The predicted molar refractivity (Wildman–Crippen MR) is 96.2 cm³/mol. The number of benzene rings is 2. The van der Waals surface area contributed by atoms with Crippen LogP contribution in [0.15, 0.2) is 53.5 Å². The van der Waals surface area contributed by atoms with Crippen molar-refractivity contribution in [3.8, 4) is 0 Å². The van der Waals surface area contributed by atoms with Gasteiger partial charge in [0.1, 0.15) is 6.04 Å². The summed E-state index contributed by atoms with van der Waals surface area (Å²) in [5.74, 6) is 5.73. The number of hydrogen-bond acceptors (Lipinski definition) is 5. The van der Waals surface area contributed by atoms with Gasteiger partial charge in [-0.3, -0.25) is 14.5 Å². The summed E-state index contributed by atoms with van der Waals surface area (Å²) in [7, 11) is 0. The molecule has 0 bridgehead atoms. The van der Waals surface area contributed by atoms with E-state index in [0.717, 1.165) is 16.9 Å². The van der Waals surface area contributed by atoms with E-state index >= 15 is 0 Å². The van der Waals surface area contributed by atoms with Gasteiger partial charge in [-0.1, -0.05) is 30.3 Å². The minimum atomic E-state index is -0.700. The minimum absolute atomic E-state index is 0.00336. The number of aliphatic imine (C=N–C) groups is 1. The maximum Gasteiger partial charge on any atom is 0.251 e. The summed E-state index contributed by atoms with van der Waals surface area (Å²) >= 11 is 0. The first kappa shape index (κ1) is 15.3. The van der Waals surface area contributed by atoms with E-state index in [2.05, 4.69) is 10.3 Å². The van der Waals surface area contributed by atoms with Crippen molar-refractivity contribution in [3.05, 3.63) is 54.1 Å². The van der Waals surface area contributed by atoms with Crippen LogP contribution < -0.4 is 21.1 Å². The van der Waals surface area contributed by atoms with Gasteiger partial charge in [-0.2, -0.15) is 4.99 Å². The lowest BCUT2D eigenvalue weighted by atomic mass is 10.1. The Morgan fingerprint density at radius 1 is 1.16 bits per heavy atom. The lowest BCUT2D eigenvalue weighted by Gasteiger charge is -2.31. The highest BCUT2D eigenvalue weighted by Gasteiger charge is 2.43. The molecular weight excluding hydrogens is 318 g/mol. The molecule has 2 heterocycles. The molecule has 0 aliphatic carbocycles. The number of nitrogens with zero attached hydrogens (tertiary/aromatic N) is 3. The maximum absolute atomic E-state index is 12.9. The lowest BCUT2D eigenvalue weighted by molar-refractivity contribution is -0.123. The Balaban J connectivity index is 1.71. The second-order valence-corrected chi connectivity index (χ2v) is 6.06. The van der Waals surface area contributed by atoms with Gasteiger partial charge in [-0.05, 0) is 30.7 Å². The third-order valence-electron chi connectivity index (χ3n) is 4.44. The largest absolute Gasteiger partial charge is 0.324 e. The topological polar surface area (TPSA) is 91.0 Å². The smallest absolute Gasteiger partial charge is 0.251 e. The summed E-state index contributed by atoms with van der Waals surface area (Å²) in [5.41, 5.74) is 3.15. The monoisotopic (exact) mass is 335 g/mol. The van der Waals surface area contributed by atoms with Crippen LogP contribution in [0.2, 0.25) is 0 Å². The number of hydrazine groups is 1. The number of aryl methyl sites for hydroxylation is 1. The predicted octanol–water partition coefficient (Wildman–Crippen LogP) is 1.79. The fourth-order valence-corrected chi connectivity index (χ4v) is 3.17. The van der Waals surface area contributed by atoms with Gasteiger partial charge in [0.25, 0.3) is 5.91 Å². The maximum atomic E-state index is 12.9. The average molecular weight is 335 g/mol. The van der Waals surface area contributed by atoms with E-state index in [4.69, 9.17) is 5.84 Å². The van der Waals surface area contributed by atoms with Gasteiger partial charge in [0, 0.05) is 5.69 Å². The van der Waals surface area contributed by atoms with Crippen LogP contribution in [0.5, 0.6) is 0 Å². The van der Waals surface area contributed by atoms with Gasteiger partial charge in [0.15, 0.2) is 0 Å². The fraction of sp³-hybridized carbons (Fsp3) is 0.167. The molecule has 7 nitrogen and oxygen atoms in total. The Hall–Kier alpha value is -3.19. The summed E-state index contributed by atoms with van der Waals surface area (Å²) in [6, 6.07) is 14.2. The quantitative estimate of drug-likeness (QED) is 0.817. The van der Waals surface area contributed by atoms with Crippen molar-refractivity contribution in [2.24, 2.45) is 10.8 Å². The molecule has 2 aliphatic heterocycles. The number of para-hydroxylation sites is 3. The lowest BCUT2D eigenvalue weighted by Crippen LogP contribution is -2.55. The Kier molecular flexibility index (Phi) is 3.51. The van der Waals surface area contributed by atoms with Crippen molar-refractivity contribution in [2.45, 2.75) is 19.4 Å². The summed E-state index contributed by atoms with van der Waals surface area (Å²) < 4.78 is 0. The molecule has 0 fully saturated rings. The normalized spacial score (nSPS) is 18.6. The molecule has 1 atom stereocenters. The van der Waals surface area contributed by atoms with Crippen molar-refractivity contribution in [1.82, 2.24) is 0 Å². The number of hydrogen-bond donors (Lipinski definition) is 2. The standard InChI is InChI=1S/C18H17N5O2/c1-11-6-2-3-7-12(11)20-17(25)15-10-16(24)21-18-22(15)13-8-4-5-9-14(13)23(18)19/h2-9,15H,10,19H2,1H3,(H,20,25)/t15-/m0/s1. The van der Waals surface area contributed by atoms with E-state index < -0.39 is 6.04 Å². The van der Waals surface area contributed by atoms with Crippen molar-refractivity contribution in [2.75, 3.05) is 15.2 Å². The number of carbonyl (C=O) groups is 2. The number of nitrogens with two attached hydrogens (primary N) is 1. The van der Waals surface area contributed by atoms with Crippen molar-refractivity contribution >= 4 is 34.8 Å². The van der Waals surface area contributed by atoms with Crippen LogP contribution in [0, 0.1) is 6.92 Å². The molecule has 0 spiro atoms. The SMILES string of the molecule is Cc1ccccc1NC(=O)[C@@H]1CC(=O)N=C2N(N)c3ccccc3N21. The van der Waals surface area contributed by atoms with E-state index in [9.17, 15) is 9.59 Å². The third-order valence-corrected chi connectivity index (χ3v) is 4.44. The van der Waals surface area contributed by atoms with Gasteiger partial charge < -0.3 is 5.32 Å². The molecule has 0 saturated heterocycles. The van der Waals surface area contributed by atoms with Crippen LogP contribution in [-0.2, 0) is 9.59 Å². The highest BCUT2D eigenvalue weighted by atomic mass is 16.2. The summed E-state index contributed by atoms with van der Waals surface area (Å²) in [6.07, 6.45) is 0.00336. The summed E-state index contributed by atoms with van der Waals surface area (Å²) in [6.45, 7) is 1.92. The molecule has 0 aromatic heterocycles. The molecule has 4 rings (SSSR count). The zero-order valence-corrected chi connectivity index (χ0v) is 13.6. The fourth-order valence-electron chi connectivity index (χ4n) is 3.17. The Labute approximate surface area is 144 Å². The van der Waals surface area contributed by atoms with E-state index in [0.29, 0.717) is 5.69 Å². The number of carbonyl (C=O) groups excluding carboxylic acids is 2. The molecule has 0 saturated carbocycles. The van der Waals surface area contributed by atoms with Gasteiger partial charge in [-0.15, -0.1) is 0 Å². The van der Waals surface area contributed by atoms with Crippen LogP contribution in [0.25, 0.3) is 0 Å². The number of rotatable bonds is 2. The Morgan fingerprint density at radius 2 is 1.84 bits per heavy atom.